The highest BCUT2D eigenvalue weighted by molar-refractivity contribution is 14.1. The molecule has 0 spiro atoms. The van der Waals surface area contributed by atoms with E-state index in [0.29, 0.717) is 5.75 Å². The van der Waals surface area contributed by atoms with Gasteiger partial charge in [-0.3, -0.25) is 0 Å². The second-order valence-corrected chi connectivity index (χ2v) is 4.59. The minimum Gasteiger partial charge on any atom is -0.508 e. The quantitative estimate of drug-likeness (QED) is 0.790. The van der Waals surface area contributed by atoms with Gasteiger partial charge in [0.1, 0.15) is 5.75 Å². The fourth-order valence-corrected chi connectivity index (χ4v) is 2.52. The van der Waals surface area contributed by atoms with Gasteiger partial charge in [-0.2, -0.15) is 0 Å². The highest BCUT2D eigenvalue weighted by Crippen LogP contribution is 2.33. The van der Waals surface area contributed by atoms with Crippen molar-refractivity contribution in [2.45, 2.75) is 6.92 Å². The van der Waals surface area contributed by atoms with E-state index in [-0.39, 0.29) is 0 Å². The zero-order valence-corrected chi connectivity index (χ0v) is 10.5. The summed E-state index contributed by atoms with van der Waals surface area (Å²) in [5.41, 5.74) is 3.21. The zero-order valence-electron chi connectivity index (χ0n) is 8.37. The third-order valence-corrected chi connectivity index (χ3v) is 3.35. The van der Waals surface area contributed by atoms with Crippen LogP contribution in [-0.4, -0.2) is 5.11 Å². The maximum atomic E-state index is 9.68. The lowest BCUT2D eigenvalue weighted by Gasteiger charge is -2.10. The monoisotopic (exact) mass is 310 g/mol. The van der Waals surface area contributed by atoms with Gasteiger partial charge in [0.05, 0.1) is 0 Å². The van der Waals surface area contributed by atoms with Crippen molar-refractivity contribution in [1.29, 1.82) is 0 Å². The molecule has 0 aromatic heterocycles. The molecule has 2 aromatic rings. The summed E-state index contributed by atoms with van der Waals surface area (Å²) < 4.78 is 1.16. The fraction of sp³-hybridized carbons (Fsp3) is 0.0769. The van der Waals surface area contributed by atoms with Crippen molar-refractivity contribution >= 4 is 22.6 Å². The summed E-state index contributed by atoms with van der Waals surface area (Å²) in [6.07, 6.45) is 0. The van der Waals surface area contributed by atoms with Crippen molar-refractivity contribution in [3.05, 3.63) is 51.6 Å². The minimum atomic E-state index is 0.356. The lowest BCUT2D eigenvalue weighted by Crippen LogP contribution is -1.87. The van der Waals surface area contributed by atoms with Gasteiger partial charge in [0.2, 0.25) is 0 Å². The van der Waals surface area contributed by atoms with Crippen LogP contribution in [0.2, 0.25) is 0 Å². The number of rotatable bonds is 1. The second-order valence-electron chi connectivity index (χ2n) is 3.43. The highest BCUT2D eigenvalue weighted by Gasteiger charge is 2.09. The summed E-state index contributed by atoms with van der Waals surface area (Å²) >= 11 is 2.30. The van der Waals surface area contributed by atoms with Crippen LogP contribution in [0, 0.1) is 10.5 Å². The van der Waals surface area contributed by atoms with Crippen molar-refractivity contribution < 1.29 is 5.11 Å². The van der Waals surface area contributed by atoms with Gasteiger partial charge >= 0.3 is 0 Å². The molecule has 0 radical (unpaired) electrons. The second kappa shape index (κ2) is 4.23. The van der Waals surface area contributed by atoms with E-state index >= 15 is 0 Å². The number of hydrogen-bond acceptors (Lipinski definition) is 1. The van der Waals surface area contributed by atoms with Crippen LogP contribution in [0.25, 0.3) is 11.1 Å². The topological polar surface area (TPSA) is 20.2 Å². The van der Waals surface area contributed by atoms with Gasteiger partial charge in [0.25, 0.3) is 0 Å². The Morgan fingerprint density at radius 3 is 2.33 bits per heavy atom. The van der Waals surface area contributed by atoms with Crippen LogP contribution < -0.4 is 0 Å². The molecule has 2 aromatic carbocycles. The molecule has 1 N–H and O–H groups in total. The predicted octanol–water partition coefficient (Wildman–Crippen LogP) is 3.97. The van der Waals surface area contributed by atoms with E-state index in [0.717, 1.165) is 20.3 Å². The van der Waals surface area contributed by atoms with Crippen molar-refractivity contribution in [3.8, 4) is 16.9 Å². The number of benzene rings is 2. The van der Waals surface area contributed by atoms with E-state index in [9.17, 15) is 5.11 Å². The summed E-state index contributed by atoms with van der Waals surface area (Å²) in [6.45, 7) is 1.94. The van der Waals surface area contributed by atoms with Crippen LogP contribution in [0.5, 0.6) is 5.75 Å². The van der Waals surface area contributed by atoms with Crippen LogP contribution in [0.1, 0.15) is 5.56 Å². The summed E-state index contributed by atoms with van der Waals surface area (Å²) in [5, 5.41) is 9.68. The molecule has 0 heterocycles. The summed E-state index contributed by atoms with van der Waals surface area (Å²) in [7, 11) is 0. The van der Waals surface area contributed by atoms with Gasteiger partial charge in [-0.05, 0) is 52.8 Å². The van der Waals surface area contributed by atoms with E-state index in [1.165, 1.54) is 0 Å². The van der Waals surface area contributed by atoms with Gasteiger partial charge in [0, 0.05) is 9.13 Å². The van der Waals surface area contributed by atoms with Crippen LogP contribution in [0.4, 0.5) is 0 Å². The molecule has 0 aliphatic carbocycles. The smallest absolute Gasteiger partial charge is 0.119 e. The van der Waals surface area contributed by atoms with Gasteiger partial charge in [-0.15, -0.1) is 0 Å². The Balaban J connectivity index is 2.68. The van der Waals surface area contributed by atoms with E-state index in [1.807, 2.05) is 31.2 Å². The summed E-state index contributed by atoms with van der Waals surface area (Å²) in [4.78, 5) is 0. The molecule has 0 aliphatic heterocycles. The summed E-state index contributed by atoms with van der Waals surface area (Å²) in [6, 6.07) is 13.8. The lowest BCUT2D eigenvalue weighted by molar-refractivity contribution is 0.471. The first-order valence-corrected chi connectivity index (χ1v) is 5.81. The molecule has 0 amide bonds. The molecule has 0 unspecified atom stereocenters. The van der Waals surface area contributed by atoms with Crippen LogP contribution >= 0.6 is 22.6 Å². The molecule has 2 rings (SSSR count). The molecule has 0 atom stereocenters. The third-order valence-electron chi connectivity index (χ3n) is 2.45. The number of aromatic hydroxyl groups is 1. The van der Waals surface area contributed by atoms with Gasteiger partial charge < -0.3 is 5.11 Å². The van der Waals surface area contributed by atoms with E-state index in [2.05, 4.69) is 34.7 Å². The van der Waals surface area contributed by atoms with Gasteiger partial charge in [-0.1, -0.05) is 30.3 Å². The molecule has 0 aliphatic rings. The molecule has 2 heteroatoms. The SMILES string of the molecule is Cc1c(O)ccc(I)c1-c1ccccc1. The Bertz CT molecular complexity index is 477. The Kier molecular flexibility index (Phi) is 2.95. The molecule has 0 saturated carbocycles. The van der Waals surface area contributed by atoms with E-state index in [4.69, 9.17) is 0 Å². The Labute approximate surface area is 103 Å². The first-order chi connectivity index (χ1) is 7.20. The molecule has 15 heavy (non-hydrogen) atoms. The number of phenols is 1. The van der Waals surface area contributed by atoms with Crippen molar-refractivity contribution in [2.24, 2.45) is 0 Å². The molecule has 0 bridgehead atoms. The van der Waals surface area contributed by atoms with Crippen LogP contribution in [-0.2, 0) is 0 Å². The van der Waals surface area contributed by atoms with Crippen LogP contribution in [0.15, 0.2) is 42.5 Å². The Morgan fingerprint density at radius 1 is 1.00 bits per heavy atom. The highest BCUT2D eigenvalue weighted by atomic mass is 127. The zero-order chi connectivity index (χ0) is 10.8. The number of hydrogen-bond donors (Lipinski definition) is 1. The molecule has 0 saturated heterocycles. The van der Waals surface area contributed by atoms with Gasteiger partial charge in [-0.25, -0.2) is 0 Å². The first-order valence-electron chi connectivity index (χ1n) is 4.73. The standard InChI is InChI=1S/C13H11IO/c1-9-12(15)8-7-11(14)13(9)10-5-3-2-4-6-10/h2-8,15H,1H3. The predicted molar refractivity (Wildman–Crippen MR) is 71.0 cm³/mol. The Hall–Kier alpha value is -1.03. The third kappa shape index (κ3) is 2.00. The van der Waals surface area contributed by atoms with Gasteiger partial charge in [0.15, 0.2) is 0 Å². The normalized spacial score (nSPS) is 10.3. The van der Waals surface area contributed by atoms with Crippen LogP contribution in [0.3, 0.4) is 0 Å². The molecular weight excluding hydrogens is 299 g/mol. The molecule has 76 valence electrons. The maximum Gasteiger partial charge on any atom is 0.119 e. The lowest BCUT2D eigenvalue weighted by atomic mass is 10.0. The van der Waals surface area contributed by atoms with Crippen molar-refractivity contribution in [3.63, 3.8) is 0 Å². The number of phenolic OH excluding ortho intramolecular Hbond substituents is 1. The average molecular weight is 310 g/mol. The Morgan fingerprint density at radius 2 is 1.67 bits per heavy atom. The largest absolute Gasteiger partial charge is 0.508 e. The van der Waals surface area contributed by atoms with E-state index in [1.54, 1.807) is 6.07 Å². The fourth-order valence-electron chi connectivity index (χ4n) is 1.63. The van der Waals surface area contributed by atoms with Crippen molar-refractivity contribution in [1.82, 2.24) is 0 Å². The number of halogens is 1. The first kappa shape index (κ1) is 10.5. The molecular formula is C13H11IO. The molecule has 1 nitrogen and oxygen atoms in total. The van der Waals surface area contributed by atoms with E-state index < -0.39 is 0 Å². The average Bonchev–Trinajstić information content (AvgIpc) is 2.26. The maximum absolute atomic E-state index is 9.68. The van der Waals surface area contributed by atoms with Crippen molar-refractivity contribution in [2.75, 3.05) is 0 Å². The molecule has 0 fully saturated rings. The summed E-state index contributed by atoms with van der Waals surface area (Å²) in [5.74, 6) is 0.356. The minimum absolute atomic E-state index is 0.356.